The maximum atomic E-state index is 11.6. The molecular weight excluding hydrogens is 190 g/mol. The lowest BCUT2D eigenvalue weighted by Gasteiger charge is -2.19. The second kappa shape index (κ2) is 4.35. The van der Waals surface area contributed by atoms with Crippen LogP contribution in [0.5, 0.6) is 0 Å². The van der Waals surface area contributed by atoms with Crippen molar-refractivity contribution in [3.63, 3.8) is 0 Å². The molecule has 0 saturated heterocycles. The molecule has 0 unspecified atom stereocenters. The second-order valence-corrected chi connectivity index (χ2v) is 4.81. The van der Waals surface area contributed by atoms with E-state index in [1.165, 1.54) is 6.20 Å². The summed E-state index contributed by atoms with van der Waals surface area (Å²) < 4.78 is 0. The van der Waals surface area contributed by atoms with Gasteiger partial charge in [0.2, 0.25) is 0 Å². The van der Waals surface area contributed by atoms with Gasteiger partial charge in [0, 0.05) is 17.8 Å². The van der Waals surface area contributed by atoms with Crippen molar-refractivity contribution in [2.45, 2.75) is 45.2 Å². The molecule has 1 fully saturated rings. The van der Waals surface area contributed by atoms with Gasteiger partial charge < -0.3 is 10.6 Å². The lowest BCUT2D eigenvalue weighted by Crippen LogP contribution is -2.41. The topological polar surface area (TPSA) is 64.9 Å². The Morgan fingerprint density at radius 3 is 2.47 bits per heavy atom. The molecule has 0 radical (unpaired) electrons. The van der Waals surface area contributed by atoms with E-state index < -0.39 is 0 Å². The first-order valence-electron chi connectivity index (χ1n) is 5.11. The Morgan fingerprint density at radius 2 is 2.07 bits per heavy atom. The highest BCUT2D eigenvalue weighted by Gasteiger charge is 2.21. The van der Waals surface area contributed by atoms with Crippen molar-refractivity contribution in [2.75, 3.05) is 0 Å². The maximum absolute atomic E-state index is 11.6. The molecule has 0 bridgehead atoms. The van der Waals surface area contributed by atoms with E-state index in [1.54, 1.807) is 0 Å². The van der Waals surface area contributed by atoms with Crippen LogP contribution < -0.4 is 10.6 Å². The van der Waals surface area contributed by atoms with E-state index in [2.05, 4.69) is 10.6 Å². The predicted octanol–water partition coefficient (Wildman–Crippen LogP) is 1.06. The van der Waals surface area contributed by atoms with Crippen molar-refractivity contribution in [2.24, 2.45) is 0 Å². The largest absolute Gasteiger partial charge is 0.387 e. The van der Waals surface area contributed by atoms with Crippen molar-refractivity contribution in [3.05, 3.63) is 11.8 Å². The third-order valence-corrected chi connectivity index (χ3v) is 1.89. The molecule has 0 aromatic carbocycles. The minimum Gasteiger partial charge on any atom is -0.387 e. The van der Waals surface area contributed by atoms with Gasteiger partial charge in [0.15, 0.2) is 0 Å². The number of nitrogens with zero attached hydrogens (tertiary/aromatic N) is 1. The van der Waals surface area contributed by atoms with Gasteiger partial charge in [-0.1, -0.05) is 0 Å². The van der Waals surface area contributed by atoms with Gasteiger partial charge in [-0.05, 0) is 33.6 Å². The van der Waals surface area contributed by atoms with Crippen LogP contribution in [0.3, 0.4) is 0 Å². The van der Waals surface area contributed by atoms with E-state index in [1.807, 2.05) is 26.8 Å². The Morgan fingerprint density at radius 1 is 1.47 bits per heavy atom. The smallest absolute Gasteiger partial charge is 0.263 e. The van der Waals surface area contributed by atoms with Crippen LogP contribution in [0.1, 0.15) is 33.6 Å². The Kier molecular flexibility index (Phi) is 3.35. The van der Waals surface area contributed by atoms with Gasteiger partial charge in [0.25, 0.3) is 5.91 Å². The molecular formula is C11H17N3O. The van der Waals surface area contributed by atoms with Crippen molar-refractivity contribution in [3.8, 4) is 6.07 Å². The van der Waals surface area contributed by atoms with Crippen LogP contribution in [0, 0.1) is 11.3 Å². The molecule has 0 heterocycles. The first kappa shape index (κ1) is 11.6. The number of carbonyl (C=O) groups is 1. The van der Waals surface area contributed by atoms with E-state index in [0.29, 0.717) is 6.04 Å². The van der Waals surface area contributed by atoms with Crippen molar-refractivity contribution < 1.29 is 4.79 Å². The molecule has 0 atom stereocenters. The molecule has 1 aliphatic rings. The monoisotopic (exact) mass is 207 g/mol. The summed E-state index contributed by atoms with van der Waals surface area (Å²) in [6, 6.07) is 2.35. The normalized spacial score (nSPS) is 16.8. The number of amides is 1. The van der Waals surface area contributed by atoms with E-state index in [9.17, 15) is 4.79 Å². The zero-order valence-electron chi connectivity index (χ0n) is 9.42. The zero-order valence-corrected chi connectivity index (χ0v) is 9.42. The van der Waals surface area contributed by atoms with Gasteiger partial charge in [-0.2, -0.15) is 5.26 Å². The molecule has 0 spiro atoms. The van der Waals surface area contributed by atoms with Crippen LogP contribution in [0.25, 0.3) is 0 Å². The van der Waals surface area contributed by atoms with E-state index in [-0.39, 0.29) is 17.0 Å². The number of hydrogen-bond donors (Lipinski definition) is 2. The minimum atomic E-state index is -0.321. The summed E-state index contributed by atoms with van der Waals surface area (Å²) in [6.07, 6.45) is 3.75. The van der Waals surface area contributed by atoms with Crippen LogP contribution >= 0.6 is 0 Å². The lowest BCUT2D eigenvalue weighted by molar-refractivity contribution is -0.118. The molecule has 1 amide bonds. The highest BCUT2D eigenvalue weighted by atomic mass is 16.1. The third-order valence-electron chi connectivity index (χ3n) is 1.89. The third kappa shape index (κ3) is 4.50. The average molecular weight is 207 g/mol. The maximum Gasteiger partial charge on any atom is 0.263 e. The molecule has 15 heavy (non-hydrogen) atoms. The van der Waals surface area contributed by atoms with Crippen molar-refractivity contribution in [1.82, 2.24) is 10.6 Å². The predicted molar refractivity (Wildman–Crippen MR) is 57.7 cm³/mol. The fourth-order valence-electron chi connectivity index (χ4n) is 1.01. The van der Waals surface area contributed by atoms with E-state index in [0.717, 1.165) is 12.8 Å². The number of hydrogen-bond acceptors (Lipinski definition) is 3. The average Bonchev–Trinajstić information content (AvgIpc) is 2.85. The SMILES string of the molecule is CC(C)(C)NC(=O)/C(C#N)=C\NC1CC1. The summed E-state index contributed by atoms with van der Waals surface area (Å²) >= 11 is 0. The summed E-state index contributed by atoms with van der Waals surface area (Å²) in [6.45, 7) is 5.65. The van der Waals surface area contributed by atoms with Gasteiger partial charge >= 0.3 is 0 Å². The van der Waals surface area contributed by atoms with Gasteiger partial charge in [0.1, 0.15) is 11.6 Å². The number of rotatable bonds is 3. The Hall–Kier alpha value is -1.50. The molecule has 1 rings (SSSR count). The second-order valence-electron chi connectivity index (χ2n) is 4.81. The summed E-state index contributed by atoms with van der Waals surface area (Å²) in [5, 5.41) is 14.6. The van der Waals surface area contributed by atoms with Gasteiger partial charge in [-0.25, -0.2) is 0 Å². The van der Waals surface area contributed by atoms with Crippen molar-refractivity contribution in [1.29, 1.82) is 5.26 Å². The fraction of sp³-hybridized carbons (Fsp3) is 0.636. The molecule has 2 N–H and O–H groups in total. The van der Waals surface area contributed by atoms with Crippen LogP contribution in [0.15, 0.2) is 11.8 Å². The van der Waals surface area contributed by atoms with Crippen LogP contribution in [0.2, 0.25) is 0 Å². The van der Waals surface area contributed by atoms with Crippen LogP contribution in [0.4, 0.5) is 0 Å². The van der Waals surface area contributed by atoms with Crippen LogP contribution in [-0.2, 0) is 4.79 Å². The lowest BCUT2D eigenvalue weighted by atomic mass is 10.1. The summed E-state index contributed by atoms with van der Waals surface area (Å²) in [5.41, 5.74) is -0.177. The zero-order chi connectivity index (χ0) is 11.5. The number of carbonyl (C=O) groups excluding carboxylic acids is 1. The van der Waals surface area contributed by atoms with Crippen LogP contribution in [-0.4, -0.2) is 17.5 Å². The standard InChI is InChI=1S/C11H17N3O/c1-11(2,3)14-10(15)8(6-12)7-13-9-4-5-9/h7,9,13H,4-5H2,1-3H3,(H,14,15)/b8-7-. The Balaban J connectivity index is 2.53. The Bertz CT molecular complexity index is 316. The highest BCUT2D eigenvalue weighted by Crippen LogP contribution is 2.18. The molecule has 1 aliphatic carbocycles. The Labute approximate surface area is 90.3 Å². The summed E-state index contributed by atoms with van der Waals surface area (Å²) in [5.74, 6) is -0.321. The number of nitrogens with one attached hydrogen (secondary N) is 2. The molecule has 0 aliphatic heterocycles. The quantitative estimate of drug-likeness (QED) is 0.537. The fourth-order valence-corrected chi connectivity index (χ4v) is 1.01. The van der Waals surface area contributed by atoms with Gasteiger partial charge in [0.05, 0.1) is 0 Å². The van der Waals surface area contributed by atoms with E-state index in [4.69, 9.17) is 5.26 Å². The highest BCUT2D eigenvalue weighted by molar-refractivity contribution is 5.97. The van der Waals surface area contributed by atoms with E-state index >= 15 is 0 Å². The summed E-state index contributed by atoms with van der Waals surface area (Å²) in [4.78, 5) is 11.6. The molecule has 4 heteroatoms. The first-order chi connectivity index (χ1) is 6.92. The molecule has 0 aromatic rings. The molecule has 4 nitrogen and oxygen atoms in total. The summed E-state index contributed by atoms with van der Waals surface area (Å²) in [7, 11) is 0. The van der Waals surface area contributed by atoms with Gasteiger partial charge in [-0.3, -0.25) is 4.79 Å². The van der Waals surface area contributed by atoms with Gasteiger partial charge in [-0.15, -0.1) is 0 Å². The molecule has 1 saturated carbocycles. The first-order valence-corrected chi connectivity index (χ1v) is 5.11. The molecule has 0 aromatic heterocycles. The minimum absolute atomic E-state index is 0.136. The number of nitriles is 1. The van der Waals surface area contributed by atoms with Crippen molar-refractivity contribution >= 4 is 5.91 Å². The molecule has 82 valence electrons.